The molecule has 2 heterocycles. The highest BCUT2D eigenvalue weighted by Crippen LogP contribution is 2.14. The molecule has 2 rings (SSSR count). The first-order chi connectivity index (χ1) is 7.68. The van der Waals surface area contributed by atoms with E-state index in [-0.39, 0.29) is 5.69 Å². The van der Waals surface area contributed by atoms with Crippen molar-refractivity contribution in [1.29, 1.82) is 0 Å². The number of aromatic carboxylic acids is 1. The molecule has 0 aliphatic rings. The summed E-state index contributed by atoms with van der Waals surface area (Å²) >= 11 is 0. The molecule has 0 unspecified atom stereocenters. The first-order valence-electron chi connectivity index (χ1n) is 4.67. The van der Waals surface area contributed by atoms with E-state index in [2.05, 4.69) is 15.0 Å². The second kappa shape index (κ2) is 4.06. The Hall–Kier alpha value is -2.30. The van der Waals surface area contributed by atoms with E-state index in [4.69, 9.17) is 5.11 Å². The third-order valence-corrected chi connectivity index (χ3v) is 2.09. The summed E-state index contributed by atoms with van der Waals surface area (Å²) < 4.78 is 0. The number of hydrogen-bond acceptors (Lipinski definition) is 4. The van der Waals surface area contributed by atoms with Crippen molar-refractivity contribution in [1.82, 2.24) is 15.0 Å². The Kier molecular flexibility index (Phi) is 2.59. The van der Waals surface area contributed by atoms with Gasteiger partial charge in [-0.1, -0.05) is 6.07 Å². The minimum atomic E-state index is -1.05. The fraction of sp³-hybridized carbons (Fsp3) is 0.0909. The smallest absolute Gasteiger partial charge is 0.354 e. The largest absolute Gasteiger partial charge is 0.477 e. The second-order valence-corrected chi connectivity index (χ2v) is 3.24. The molecule has 0 aliphatic carbocycles. The molecule has 80 valence electrons. The molecule has 0 amide bonds. The van der Waals surface area contributed by atoms with Gasteiger partial charge in [0.25, 0.3) is 0 Å². The number of rotatable bonds is 2. The summed E-state index contributed by atoms with van der Waals surface area (Å²) in [5, 5.41) is 8.93. The Morgan fingerprint density at radius 1 is 1.25 bits per heavy atom. The van der Waals surface area contributed by atoms with Crippen LogP contribution < -0.4 is 0 Å². The highest BCUT2D eigenvalue weighted by molar-refractivity contribution is 5.87. The molecule has 5 heteroatoms. The quantitative estimate of drug-likeness (QED) is 0.822. The first-order valence-corrected chi connectivity index (χ1v) is 4.67. The van der Waals surface area contributed by atoms with Gasteiger partial charge in [0, 0.05) is 12.4 Å². The molecule has 0 radical (unpaired) electrons. The van der Waals surface area contributed by atoms with Crippen LogP contribution in [0.2, 0.25) is 0 Å². The number of carboxylic acid groups (broad SMARTS) is 1. The second-order valence-electron chi connectivity index (χ2n) is 3.24. The Balaban J connectivity index is 2.52. The Morgan fingerprint density at radius 2 is 1.94 bits per heavy atom. The molecule has 1 N–H and O–H groups in total. The summed E-state index contributed by atoms with van der Waals surface area (Å²) in [5.41, 5.74) is 1.11. The summed E-state index contributed by atoms with van der Waals surface area (Å²) in [6.07, 6.45) is 3.18. The molecular formula is C11H9N3O2. The average Bonchev–Trinajstić information content (AvgIpc) is 2.30. The third kappa shape index (κ3) is 1.88. The van der Waals surface area contributed by atoms with Crippen LogP contribution in [0.15, 0.2) is 30.6 Å². The van der Waals surface area contributed by atoms with Gasteiger partial charge in [0.05, 0.1) is 0 Å². The van der Waals surface area contributed by atoms with Crippen LogP contribution in [0.1, 0.15) is 16.1 Å². The van der Waals surface area contributed by atoms with Gasteiger partial charge in [-0.05, 0) is 24.6 Å². The lowest BCUT2D eigenvalue weighted by molar-refractivity contribution is 0.0690. The highest BCUT2D eigenvalue weighted by atomic mass is 16.4. The zero-order valence-electron chi connectivity index (χ0n) is 8.58. The fourth-order valence-electron chi connectivity index (χ4n) is 1.30. The maximum absolute atomic E-state index is 10.9. The van der Waals surface area contributed by atoms with Crippen molar-refractivity contribution in [2.45, 2.75) is 6.92 Å². The molecule has 0 saturated heterocycles. The van der Waals surface area contributed by atoms with E-state index >= 15 is 0 Å². The van der Waals surface area contributed by atoms with Gasteiger partial charge in [-0.15, -0.1) is 0 Å². The van der Waals surface area contributed by atoms with E-state index < -0.39 is 5.97 Å². The lowest BCUT2D eigenvalue weighted by atomic mass is 10.2. The number of aromatic nitrogens is 3. The van der Waals surface area contributed by atoms with Crippen LogP contribution in [-0.4, -0.2) is 26.0 Å². The van der Waals surface area contributed by atoms with E-state index in [0.29, 0.717) is 17.1 Å². The van der Waals surface area contributed by atoms with Crippen molar-refractivity contribution in [3.63, 3.8) is 0 Å². The van der Waals surface area contributed by atoms with E-state index in [9.17, 15) is 4.79 Å². The topological polar surface area (TPSA) is 76.0 Å². The zero-order valence-corrected chi connectivity index (χ0v) is 8.58. The van der Waals surface area contributed by atoms with Gasteiger partial charge in [0.2, 0.25) is 0 Å². The van der Waals surface area contributed by atoms with Crippen molar-refractivity contribution in [3.8, 4) is 11.5 Å². The Labute approximate surface area is 91.8 Å². The summed E-state index contributed by atoms with van der Waals surface area (Å²) in [5.74, 6) is -0.625. The van der Waals surface area contributed by atoms with Gasteiger partial charge in [-0.2, -0.15) is 0 Å². The van der Waals surface area contributed by atoms with Gasteiger partial charge in [0.15, 0.2) is 11.5 Å². The van der Waals surface area contributed by atoms with Crippen LogP contribution >= 0.6 is 0 Å². The number of carboxylic acids is 1. The van der Waals surface area contributed by atoms with E-state index in [1.54, 1.807) is 37.5 Å². The van der Waals surface area contributed by atoms with Crippen LogP contribution in [-0.2, 0) is 0 Å². The van der Waals surface area contributed by atoms with E-state index in [1.807, 2.05) is 0 Å². The third-order valence-electron chi connectivity index (χ3n) is 2.09. The van der Waals surface area contributed by atoms with Crippen LogP contribution in [0.5, 0.6) is 0 Å². The van der Waals surface area contributed by atoms with Gasteiger partial charge in [0.1, 0.15) is 5.69 Å². The predicted molar refractivity (Wildman–Crippen MR) is 57.0 cm³/mol. The number of nitrogens with zero attached hydrogens (tertiary/aromatic N) is 3. The standard InChI is InChI=1S/C11H9N3O2/c1-7-3-4-8(14-9(7)11(15)16)10-12-5-2-6-13-10/h2-6H,1H3,(H,15,16). The van der Waals surface area contributed by atoms with Gasteiger partial charge in [-0.3, -0.25) is 0 Å². The van der Waals surface area contributed by atoms with Crippen molar-refractivity contribution < 1.29 is 9.90 Å². The molecule has 0 spiro atoms. The van der Waals surface area contributed by atoms with Crippen LogP contribution in [0.25, 0.3) is 11.5 Å². The molecule has 0 atom stereocenters. The average molecular weight is 215 g/mol. The lowest BCUT2D eigenvalue weighted by Crippen LogP contribution is -2.04. The summed E-state index contributed by atoms with van der Waals surface area (Å²) in [4.78, 5) is 22.9. The maximum Gasteiger partial charge on any atom is 0.354 e. The lowest BCUT2D eigenvalue weighted by Gasteiger charge is -2.02. The number of pyridine rings is 1. The summed E-state index contributed by atoms with van der Waals surface area (Å²) in [6.45, 7) is 1.70. The van der Waals surface area contributed by atoms with E-state index in [0.717, 1.165) is 0 Å². The molecule has 0 bridgehead atoms. The van der Waals surface area contributed by atoms with Gasteiger partial charge < -0.3 is 5.11 Å². The highest BCUT2D eigenvalue weighted by Gasteiger charge is 2.11. The minimum absolute atomic E-state index is 0.0324. The normalized spacial score (nSPS) is 10.1. The Bertz CT molecular complexity index is 526. The minimum Gasteiger partial charge on any atom is -0.477 e. The molecule has 0 fully saturated rings. The van der Waals surface area contributed by atoms with Crippen LogP contribution in [0, 0.1) is 6.92 Å². The van der Waals surface area contributed by atoms with Crippen molar-refractivity contribution >= 4 is 5.97 Å². The molecule has 2 aromatic heterocycles. The SMILES string of the molecule is Cc1ccc(-c2ncccn2)nc1C(=O)O. The van der Waals surface area contributed by atoms with Crippen molar-refractivity contribution in [3.05, 3.63) is 41.9 Å². The number of carbonyl (C=O) groups is 1. The van der Waals surface area contributed by atoms with Crippen LogP contribution in [0.4, 0.5) is 0 Å². The first kappa shape index (κ1) is 10.2. The Morgan fingerprint density at radius 3 is 2.56 bits per heavy atom. The maximum atomic E-state index is 10.9. The fourth-order valence-corrected chi connectivity index (χ4v) is 1.30. The van der Waals surface area contributed by atoms with Crippen molar-refractivity contribution in [2.24, 2.45) is 0 Å². The monoisotopic (exact) mass is 215 g/mol. The molecule has 5 nitrogen and oxygen atoms in total. The molecule has 0 aromatic carbocycles. The molecule has 0 aliphatic heterocycles. The van der Waals surface area contributed by atoms with Gasteiger partial charge >= 0.3 is 5.97 Å². The van der Waals surface area contributed by atoms with Crippen LogP contribution in [0.3, 0.4) is 0 Å². The molecule has 16 heavy (non-hydrogen) atoms. The predicted octanol–water partition coefficient (Wildman–Crippen LogP) is 1.55. The van der Waals surface area contributed by atoms with Gasteiger partial charge in [-0.25, -0.2) is 19.7 Å². The van der Waals surface area contributed by atoms with E-state index in [1.165, 1.54) is 0 Å². The molecule has 0 saturated carbocycles. The summed E-state index contributed by atoms with van der Waals surface area (Å²) in [7, 11) is 0. The molecule has 2 aromatic rings. The van der Waals surface area contributed by atoms with Crippen molar-refractivity contribution in [2.75, 3.05) is 0 Å². The molecular weight excluding hydrogens is 206 g/mol. The number of aryl methyl sites for hydroxylation is 1. The summed E-state index contributed by atoms with van der Waals surface area (Å²) in [6, 6.07) is 5.09. The zero-order chi connectivity index (χ0) is 11.5. The number of hydrogen-bond donors (Lipinski definition) is 1.